The van der Waals surface area contributed by atoms with E-state index < -0.39 is 0 Å². The first-order valence-corrected chi connectivity index (χ1v) is 6.45. The monoisotopic (exact) mass is 264 g/mol. The quantitative estimate of drug-likeness (QED) is 0.903. The molecule has 4 nitrogen and oxygen atoms in total. The van der Waals surface area contributed by atoms with Crippen LogP contribution >= 0.6 is 11.6 Å². The van der Waals surface area contributed by atoms with Crippen LogP contribution in [-0.4, -0.2) is 21.8 Å². The molecule has 0 atom stereocenters. The topological polar surface area (TPSA) is 42.7 Å². The van der Waals surface area contributed by atoms with Crippen molar-refractivity contribution in [2.75, 3.05) is 7.05 Å². The van der Waals surface area contributed by atoms with E-state index in [1.54, 1.807) is 6.33 Å². The van der Waals surface area contributed by atoms with Crippen LogP contribution in [0.5, 0.6) is 0 Å². The van der Waals surface area contributed by atoms with Crippen LogP contribution in [0.2, 0.25) is 5.02 Å². The Morgan fingerprint density at radius 2 is 2.22 bits per heavy atom. The molecular formula is C13H17ClN4. The van der Waals surface area contributed by atoms with Gasteiger partial charge < -0.3 is 5.32 Å². The SMILES string of the molecule is CCCn1ncnc1-c1cc(Cl)ccc1CNC. The van der Waals surface area contributed by atoms with Gasteiger partial charge in [0.2, 0.25) is 0 Å². The Morgan fingerprint density at radius 1 is 1.39 bits per heavy atom. The van der Waals surface area contributed by atoms with Gasteiger partial charge >= 0.3 is 0 Å². The lowest BCUT2D eigenvalue weighted by Crippen LogP contribution is -2.09. The normalized spacial score (nSPS) is 10.8. The average molecular weight is 265 g/mol. The summed E-state index contributed by atoms with van der Waals surface area (Å²) < 4.78 is 1.92. The molecule has 18 heavy (non-hydrogen) atoms. The minimum atomic E-state index is 0.718. The van der Waals surface area contributed by atoms with Crippen LogP contribution in [0.15, 0.2) is 24.5 Å². The number of rotatable bonds is 5. The highest BCUT2D eigenvalue weighted by molar-refractivity contribution is 6.30. The molecule has 0 fully saturated rings. The fraction of sp³-hybridized carbons (Fsp3) is 0.385. The van der Waals surface area contributed by atoms with Gasteiger partial charge in [0.05, 0.1) is 0 Å². The van der Waals surface area contributed by atoms with E-state index in [2.05, 4.69) is 22.3 Å². The number of nitrogens with zero attached hydrogens (tertiary/aromatic N) is 3. The minimum absolute atomic E-state index is 0.718. The summed E-state index contributed by atoms with van der Waals surface area (Å²) in [5.74, 6) is 0.879. The third-order valence-corrected chi connectivity index (χ3v) is 2.97. The van der Waals surface area contributed by atoms with Gasteiger partial charge in [-0.3, -0.25) is 0 Å². The zero-order valence-corrected chi connectivity index (χ0v) is 11.4. The van der Waals surface area contributed by atoms with Crippen LogP contribution in [-0.2, 0) is 13.1 Å². The molecule has 0 radical (unpaired) electrons. The lowest BCUT2D eigenvalue weighted by molar-refractivity contribution is 0.607. The molecular weight excluding hydrogens is 248 g/mol. The van der Waals surface area contributed by atoms with E-state index in [0.29, 0.717) is 0 Å². The highest BCUT2D eigenvalue weighted by Crippen LogP contribution is 2.25. The second kappa shape index (κ2) is 5.98. The molecule has 0 saturated carbocycles. The van der Waals surface area contributed by atoms with E-state index in [4.69, 9.17) is 11.6 Å². The van der Waals surface area contributed by atoms with E-state index in [1.165, 1.54) is 5.56 Å². The van der Waals surface area contributed by atoms with Crippen molar-refractivity contribution in [1.82, 2.24) is 20.1 Å². The Kier molecular flexibility index (Phi) is 4.33. The maximum absolute atomic E-state index is 6.09. The number of hydrogen-bond donors (Lipinski definition) is 1. The molecule has 0 amide bonds. The van der Waals surface area contributed by atoms with Crippen molar-refractivity contribution in [1.29, 1.82) is 0 Å². The van der Waals surface area contributed by atoms with Crippen LogP contribution in [0.25, 0.3) is 11.4 Å². The van der Waals surface area contributed by atoms with Gasteiger partial charge in [-0.25, -0.2) is 9.67 Å². The molecule has 0 aliphatic rings. The summed E-state index contributed by atoms with van der Waals surface area (Å²) in [6.45, 7) is 3.77. The minimum Gasteiger partial charge on any atom is -0.316 e. The Morgan fingerprint density at radius 3 is 2.94 bits per heavy atom. The summed E-state index contributed by atoms with van der Waals surface area (Å²) in [4.78, 5) is 4.35. The Hall–Kier alpha value is -1.39. The summed E-state index contributed by atoms with van der Waals surface area (Å²) in [6, 6.07) is 5.88. The first-order valence-electron chi connectivity index (χ1n) is 6.07. The van der Waals surface area contributed by atoms with Gasteiger partial charge in [0.15, 0.2) is 5.82 Å². The summed E-state index contributed by atoms with van der Waals surface area (Å²) in [5, 5.41) is 8.13. The standard InChI is InChI=1S/C13H17ClN4/c1-3-6-18-13(16-9-17-18)12-7-11(14)5-4-10(12)8-15-2/h4-5,7,9,15H,3,6,8H2,1-2H3. The predicted molar refractivity (Wildman–Crippen MR) is 73.5 cm³/mol. The molecule has 0 spiro atoms. The molecule has 2 aromatic rings. The third-order valence-electron chi connectivity index (χ3n) is 2.73. The van der Waals surface area contributed by atoms with Gasteiger partial charge in [0.25, 0.3) is 0 Å². The van der Waals surface area contributed by atoms with Crippen molar-refractivity contribution in [3.63, 3.8) is 0 Å². The van der Waals surface area contributed by atoms with Crippen molar-refractivity contribution < 1.29 is 0 Å². The second-order valence-electron chi connectivity index (χ2n) is 4.14. The number of aromatic nitrogens is 3. The first-order chi connectivity index (χ1) is 8.76. The number of hydrogen-bond acceptors (Lipinski definition) is 3. The fourth-order valence-corrected chi connectivity index (χ4v) is 2.12. The van der Waals surface area contributed by atoms with Crippen molar-refractivity contribution in [3.05, 3.63) is 35.1 Å². The largest absolute Gasteiger partial charge is 0.316 e. The van der Waals surface area contributed by atoms with Crippen molar-refractivity contribution in [2.24, 2.45) is 0 Å². The molecule has 1 N–H and O–H groups in total. The average Bonchev–Trinajstić information content (AvgIpc) is 2.80. The highest BCUT2D eigenvalue weighted by Gasteiger charge is 2.11. The molecule has 0 saturated heterocycles. The van der Waals surface area contributed by atoms with Gasteiger partial charge in [-0.15, -0.1) is 0 Å². The second-order valence-corrected chi connectivity index (χ2v) is 4.58. The van der Waals surface area contributed by atoms with E-state index in [9.17, 15) is 0 Å². The van der Waals surface area contributed by atoms with E-state index >= 15 is 0 Å². The van der Waals surface area contributed by atoms with Crippen LogP contribution < -0.4 is 5.32 Å². The third kappa shape index (κ3) is 2.71. The Labute approximate surface area is 112 Å². The molecule has 0 bridgehead atoms. The highest BCUT2D eigenvalue weighted by atomic mass is 35.5. The van der Waals surface area contributed by atoms with Gasteiger partial charge in [-0.05, 0) is 31.2 Å². The summed E-state index contributed by atoms with van der Waals surface area (Å²) >= 11 is 6.09. The number of nitrogens with one attached hydrogen (secondary N) is 1. The molecule has 0 aliphatic heterocycles. The van der Waals surface area contributed by atoms with E-state index in [-0.39, 0.29) is 0 Å². The maximum Gasteiger partial charge on any atom is 0.158 e. The maximum atomic E-state index is 6.09. The summed E-state index contributed by atoms with van der Waals surface area (Å²) in [5.41, 5.74) is 2.22. The molecule has 96 valence electrons. The van der Waals surface area contributed by atoms with Gasteiger partial charge in [-0.1, -0.05) is 24.6 Å². The van der Waals surface area contributed by atoms with Crippen LogP contribution in [0.4, 0.5) is 0 Å². The fourth-order valence-electron chi connectivity index (χ4n) is 1.95. The first kappa shape index (κ1) is 13.1. The zero-order chi connectivity index (χ0) is 13.0. The Bertz CT molecular complexity index is 521. The Balaban J connectivity index is 2.47. The van der Waals surface area contributed by atoms with Crippen molar-refractivity contribution >= 4 is 11.6 Å². The van der Waals surface area contributed by atoms with Gasteiger partial charge in [0.1, 0.15) is 6.33 Å². The van der Waals surface area contributed by atoms with E-state index in [0.717, 1.165) is 35.9 Å². The van der Waals surface area contributed by atoms with Gasteiger partial charge in [0, 0.05) is 23.7 Å². The number of halogens is 1. The van der Waals surface area contributed by atoms with Crippen molar-refractivity contribution in [3.8, 4) is 11.4 Å². The van der Waals surface area contributed by atoms with E-state index in [1.807, 2.05) is 29.9 Å². The van der Waals surface area contributed by atoms with Crippen LogP contribution in [0.1, 0.15) is 18.9 Å². The van der Waals surface area contributed by atoms with Gasteiger partial charge in [-0.2, -0.15) is 5.10 Å². The smallest absolute Gasteiger partial charge is 0.158 e. The molecule has 0 aliphatic carbocycles. The molecule has 1 aromatic carbocycles. The van der Waals surface area contributed by atoms with Crippen molar-refractivity contribution in [2.45, 2.75) is 26.4 Å². The van der Waals surface area contributed by atoms with Crippen LogP contribution in [0, 0.1) is 0 Å². The number of benzene rings is 1. The molecule has 2 rings (SSSR count). The lowest BCUT2D eigenvalue weighted by Gasteiger charge is -2.10. The number of aryl methyl sites for hydroxylation is 1. The molecule has 1 aromatic heterocycles. The molecule has 5 heteroatoms. The lowest BCUT2D eigenvalue weighted by atomic mass is 10.1. The summed E-state index contributed by atoms with van der Waals surface area (Å²) in [6.07, 6.45) is 2.62. The summed E-state index contributed by atoms with van der Waals surface area (Å²) in [7, 11) is 1.93. The zero-order valence-electron chi connectivity index (χ0n) is 10.7. The molecule has 0 unspecified atom stereocenters. The molecule has 1 heterocycles. The predicted octanol–water partition coefficient (Wildman–Crippen LogP) is 2.73. The van der Waals surface area contributed by atoms with Crippen LogP contribution in [0.3, 0.4) is 0 Å².